The third-order valence-electron chi connectivity index (χ3n) is 3.73. The van der Waals surface area contributed by atoms with Crippen molar-refractivity contribution in [1.29, 1.82) is 0 Å². The lowest BCUT2D eigenvalue weighted by Crippen LogP contribution is -2.36. The number of pyridine rings is 1. The van der Waals surface area contributed by atoms with E-state index in [2.05, 4.69) is 11.9 Å². The zero-order valence-electron chi connectivity index (χ0n) is 11.9. The molecule has 1 fully saturated rings. The molecule has 2 rings (SSSR count). The van der Waals surface area contributed by atoms with E-state index in [0.717, 1.165) is 29.5 Å². The molecule has 1 aliphatic carbocycles. The Morgan fingerprint density at radius 3 is 2.95 bits per heavy atom. The van der Waals surface area contributed by atoms with Crippen LogP contribution >= 0.6 is 11.8 Å². The van der Waals surface area contributed by atoms with Crippen LogP contribution in [0.1, 0.15) is 42.4 Å². The van der Waals surface area contributed by atoms with Gasteiger partial charge < -0.3 is 4.90 Å². The summed E-state index contributed by atoms with van der Waals surface area (Å²) in [6.45, 7) is 4.11. The summed E-state index contributed by atoms with van der Waals surface area (Å²) < 4.78 is 0. The van der Waals surface area contributed by atoms with Crippen LogP contribution in [0.5, 0.6) is 0 Å². The predicted octanol–water partition coefficient (Wildman–Crippen LogP) is 3.14. The van der Waals surface area contributed by atoms with E-state index in [-0.39, 0.29) is 5.91 Å². The van der Waals surface area contributed by atoms with E-state index in [1.54, 1.807) is 6.07 Å². The van der Waals surface area contributed by atoms with Gasteiger partial charge in [-0.3, -0.25) is 4.79 Å². The second-order valence-corrected chi connectivity index (χ2v) is 6.70. The number of amides is 1. The topological polar surface area (TPSA) is 33.2 Å². The average Bonchev–Trinajstić information content (AvgIpc) is 2.86. The Morgan fingerprint density at radius 1 is 1.47 bits per heavy atom. The quantitative estimate of drug-likeness (QED) is 0.848. The standard InChI is InChI=1S/C15H22N2OS/c1-4-19-13-9-8-12(10-13)17(3)15(18)14-7-5-6-11(2)16-14/h5-7,12-13H,4,8-10H2,1-3H3. The fourth-order valence-electron chi connectivity index (χ4n) is 2.66. The monoisotopic (exact) mass is 278 g/mol. The molecule has 3 nitrogen and oxygen atoms in total. The van der Waals surface area contributed by atoms with E-state index < -0.39 is 0 Å². The van der Waals surface area contributed by atoms with Crippen molar-refractivity contribution in [2.24, 2.45) is 0 Å². The van der Waals surface area contributed by atoms with Gasteiger partial charge in [-0.2, -0.15) is 11.8 Å². The molecule has 1 heterocycles. The van der Waals surface area contributed by atoms with Crippen LogP contribution in [0.3, 0.4) is 0 Å². The highest BCUT2D eigenvalue weighted by Crippen LogP contribution is 2.32. The molecular weight excluding hydrogens is 256 g/mol. The van der Waals surface area contributed by atoms with Gasteiger partial charge in [0.05, 0.1) is 0 Å². The van der Waals surface area contributed by atoms with Crippen LogP contribution in [-0.4, -0.2) is 39.9 Å². The zero-order chi connectivity index (χ0) is 13.8. The minimum absolute atomic E-state index is 0.0517. The summed E-state index contributed by atoms with van der Waals surface area (Å²) in [4.78, 5) is 18.6. The second-order valence-electron chi connectivity index (χ2n) is 5.12. The molecule has 0 bridgehead atoms. The van der Waals surface area contributed by atoms with E-state index >= 15 is 0 Å². The maximum Gasteiger partial charge on any atom is 0.272 e. The van der Waals surface area contributed by atoms with Crippen molar-refractivity contribution in [2.75, 3.05) is 12.8 Å². The van der Waals surface area contributed by atoms with Gasteiger partial charge in [0, 0.05) is 24.0 Å². The molecule has 2 unspecified atom stereocenters. The molecule has 0 spiro atoms. The number of aromatic nitrogens is 1. The molecule has 19 heavy (non-hydrogen) atoms. The summed E-state index contributed by atoms with van der Waals surface area (Å²) in [6, 6.07) is 5.99. The second kappa shape index (κ2) is 6.42. The molecule has 1 saturated carbocycles. The largest absolute Gasteiger partial charge is 0.337 e. The number of hydrogen-bond acceptors (Lipinski definition) is 3. The summed E-state index contributed by atoms with van der Waals surface area (Å²) in [7, 11) is 1.91. The van der Waals surface area contributed by atoms with E-state index in [9.17, 15) is 4.79 Å². The van der Waals surface area contributed by atoms with E-state index in [1.165, 1.54) is 6.42 Å². The summed E-state index contributed by atoms with van der Waals surface area (Å²) in [6.07, 6.45) is 3.46. The van der Waals surface area contributed by atoms with Crippen LogP contribution in [0.15, 0.2) is 18.2 Å². The van der Waals surface area contributed by atoms with Gasteiger partial charge in [0.2, 0.25) is 0 Å². The first-order chi connectivity index (χ1) is 9.11. The van der Waals surface area contributed by atoms with E-state index in [1.807, 2.05) is 42.8 Å². The van der Waals surface area contributed by atoms with Gasteiger partial charge in [-0.05, 0) is 44.1 Å². The fraction of sp³-hybridized carbons (Fsp3) is 0.600. The highest BCUT2D eigenvalue weighted by atomic mass is 32.2. The number of carbonyl (C=O) groups excluding carboxylic acids is 1. The lowest BCUT2D eigenvalue weighted by Gasteiger charge is -2.24. The molecule has 104 valence electrons. The van der Waals surface area contributed by atoms with Crippen molar-refractivity contribution in [2.45, 2.75) is 44.4 Å². The van der Waals surface area contributed by atoms with Gasteiger partial charge in [0.15, 0.2) is 0 Å². The van der Waals surface area contributed by atoms with Crippen molar-refractivity contribution < 1.29 is 4.79 Å². The average molecular weight is 278 g/mol. The first-order valence-electron chi connectivity index (χ1n) is 6.94. The summed E-state index contributed by atoms with van der Waals surface area (Å²) in [5.41, 5.74) is 1.46. The van der Waals surface area contributed by atoms with Crippen LogP contribution in [0.4, 0.5) is 0 Å². The van der Waals surface area contributed by atoms with E-state index in [4.69, 9.17) is 0 Å². The number of hydrogen-bond donors (Lipinski definition) is 0. The normalized spacial score (nSPS) is 22.5. The Balaban J connectivity index is 2.00. The van der Waals surface area contributed by atoms with E-state index in [0.29, 0.717) is 11.7 Å². The third kappa shape index (κ3) is 3.50. The van der Waals surface area contributed by atoms with Gasteiger partial charge in [0.25, 0.3) is 5.91 Å². The summed E-state index contributed by atoms with van der Waals surface area (Å²) in [5.74, 6) is 1.21. The molecular formula is C15H22N2OS. The van der Waals surface area contributed by atoms with Crippen molar-refractivity contribution in [3.63, 3.8) is 0 Å². The predicted molar refractivity (Wildman–Crippen MR) is 80.6 cm³/mol. The van der Waals surface area contributed by atoms with Crippen molar-refractivity contribution in [3.05, 3.63) is 29.6 Å². The number of thioether (sulfide) groups is 1. The highest BCUT2D eigenvalue weighted by Gasteiger charge is 2.30. The Morgan fingerprint density at radius 2 is 2.26 bits per heavy atom. The third-order valence-corrected chi connectivity index (χ3v) is 4.97. The molecule has 1 aliphatic rings. The molecule has 0 aromatic carbocycles. The van der Waals surface area contributed by atoms with Crippen molar-refractivity contribution >= 4 is 17.7 Å². The molecule has 0 radical (unpaired) electrons. The summed E-state index contributed by atoms with van der Waals surface area (Å²) >= 11 is 2.02. The Hall–Kier alpha value is -1.03. The maximum atomic E-state index is 12.4. The van der Waals surface area contributed by atoms with Gasteiger partial charge in [0.1, 0.15) is 5.69 Å². The van der Waals surface area contributed by atoms with Crippen LogP contribution < -0.4 is 0 Å². The van der Waals surface area contributed by atoms with Crippen LogP contribution in [0, 0.1) is 6.92 Å². The highest BCUT2D eigenvalue weighted by molar-refractivity contribution is 7.99. The SMILES string of the molecule is CCSC1CCC(N(C)C(=O)c2cccc(C)n2)C1. The first-order valence-corrected chi connectivity index (χ1v) is 7.99. The first kappa shape index (κ1) is 14.4. The van der Waals surface area contributed by atoms with Gasteiger partial charge >= 0.3 is 0 Å². The zero-order valence-corrected chi connectivity index (χ0v) is 12.7. The molecule has 4 heteroatoms. The molecule has 0 saturated heterocycles. The minimum atomic E-state index is 0.0517. The van der Waals surface area contributed by atoms with Crippen molar-refractivity contribution in [3.8, 4) is 0 Å². The van der Waals surface area contributed by atoms with Gasteiger partial charge in [-0.1, -0.05) is 13.0 Å². The minimum Gasteiger partial charge on any atom is -0.337 e. The van der Waals surface area contributed by atoms with Crippen LogP contribution in [-0.2, 0) is 0 Å². The molecule has 2 atom stereocenters. The fourth-order valence-corrected chi connectivity index (χ4v) is 3.80. The van der Waals surface area contributed by atoms with Crippen LogP contribution in [0.25, 0.3) is 0 Å². The number of aryl methyl sites for hydroxylation is 1. The smallest absolute Gasteiger partial charge is 0.272 e. The molecule has 1 aromatic rings. The van der Waals surface area contributed by atoms with Gasteiger partial charge in [-0.15, -0.1) is 0 Å². The lowest BCUT2D eigenvalue weighted by atomic mass is 10.2. The number of rotatable bonds is 4. The number of nitrogens with zero attached hydrogens (tertiary/aromatic N) is 2. The lowest BCUT2D eigenvalue weighted by molar-refractivity contribution is 0.0729. The molecule has 0 N–H and O–H groups in total. The van der Waals surface area contributed by atoms with Gasteiger partial charge in [-0.25, -0.2) is 4.98 Å². The Bertz CT molecular complexity index is 450. The van der Waals surface area contributed by atoms with Crippen molar-refractivity contribution in [1.82, 2.24) is 9.88 Å². The Labute approximate surface area is 119 Å². The Kier molecular flexibility index (Phi) is 4.86. The number of carbonyl (C=O) groups is 1. The summed E-state index contributed by atoms with van der Waals surface area (Å²) in [5, 5.41) is 0.718. The molecule has 1 amide bonds. The molecule has 1 aromatic heterocycles. The van der Waals surface area contributed by atoms with Crippen LogP contribution in [0.2, 0.25) is 0 Å². The maximum absolute atomic E-state index is 12.4. The molecule has 0 aliphatic heterocycles.